The van der Waals surface area contributed by atoms with Gasteiger partial charge in [-0.1, -0.05) is 22.9 Å². The highest BCUT2D eigenvalue weighted by Crippen LogP contribution is 2.11. The number of nitrogens with zero attached hydrogens (tertiary/aromatic N) is 4. The Morgan fingerprint density at radius 3 is 2.63 bits per heavy atom. The number of rotatable bonds is 9. The quantitative estimate of drug-likeness (QED) is 0.410. The Kier molecular flexibility index (Phi) is 7.20. The van der Waals surface area contributed by atoms with Crippen LogP contribution < -0.4 is 5.32 Å². The van der Waals surface area contributed by atoms with Crippen molar-refractivity contribution in [3.05, 3.63) is 41.7 Å². The Bertz CT molecular complexity index is 821. The molecule has 0 fully saturated rings. The Morgan fingerprint density at radius 2 is 2.00 bits per heavy atom. The molecule has 0 saturated carbocycles. The van der Waals surface area contributed by atoms with Gasteiger partial charge in [0.2, 0.25) is 11.7 Å². The van der Waals surface area contributed by atoms with Crippen LogP contribution in [0.15, 0.2) is 30.5 Å². The van der Waals surface area contributed by atoms with E-state index in [2.05, 4.69) is 15.6 Å². The minimum absolute atomic E-state index is 0.0274. The van der Waals surface area contributed by atoms with E-state index in [1.165, 1.54) is 10.9 Å². The van der Waals surface area contributed by atoms with Crippen LogP contribution >= 0.6 is 0 Å². The van der Waals surface area contributed by atoms with Gasteiger partial charge in [-0.2, -0.15) is 5.26 Å². The number of carbonyl (C=O) groups is 2. The van der Waals surface area contributed by atoms with Crippen molar-refractivity contribution in [1.29, 1.82) is 5.26 Å². The Labute approximate surface area is 158 Å². The zero-order valence-electron chi connectivity index (χ0n) is 15.7. The minimum Gasteiger partial charge on any atom is -0.379 e. The number of ether oxygens (including phenoxy) is 1. The van der Waals surface area contributed by atoms with Gasteiger partial charge < -0.3 is 10.1 Å². The third kappa shape index (κ3) is 5.72. The molecule has 1 aromatic carbocycles. The molecule has 8 heteroatoms. The molecule has 0 aliphatic heterocycles. The first-order valence-corrected chi connectivity index (χ1v) is 8.75. The van der Waals surface area contributed by atoms with E-state index in [-0.39, 0.29) is 11.8 Å². The molecule has 142 valence electrons. The van der Waals surface area contributed by atoms with Crippen LogP contribution in [0, 0.1) is 24.2 Å². The molecule has 0 saturated heterocycles. The van der Waals surface area contributed by atoms with Gasteiger partial charge in [0, 0.05) is 13.2 Å². The highest BCUT2D eigenvalue weighted by Gasteiger charge is 2.29. The molecule has 0 aliphatic carbocycles. The topological polar surface area (TPSA) is 110 Å². The van der Waals surface area contributed by atoms with Gasteiger partial charge in [-0.15, -0.1) is 5.10 Å². The fourth-order valence-electron chi connectivity index (χ4n) is 2.29. The van der Waals surface area contributed by atoms with Crippen LogP contribution in [0.3, 0.4) is 0 Å². The highest BCUT2D eigenvalue weighted by atomic mass is 16.5. The van der Waals surface area contributed by atoms with Gasteiger partial charge in [0.25, 0.3) is 0 Å². The Hall–Kier alpha value is -3.05. The van der Waals surface area contributed by atoms with Crippen molar-refractivity contribution in [2.24, 2.45) is 5.92 Å². The first-order valence-electron chi connectivity index (χ1n) is 8.75. The van der Waals surface area contributed by atoms with Crippen molar-refractivity contribution in [3.8, 4) is 11.8 Å². The molecule has 1 atom stereocenters. The molecule has 2 aromatic rings. The van der Waals surface area contributed by atoms with Gasteiger partial charge in [0.1, 0.15) is 0 Å². The van der Waals surface area contributed by atoms with E-state index in [1.54, 1.807) is 6.07 Å². The summed E-state index contributed by atoms with van der Waals surface area (Å²) in [6.45, 7) is 6.63. The van der Waals surface area contributed by atoms with Gasteiger partial charge in [-0.05, 0) is 39.3 Å². The number of carbonyl (C=O) groups excluding carboxylic acids is 2. The van der Waals surface area contributed by atoms with Crippen LogP contribution in [-0.4, -0.2) is 45.9 Å². The summed E-state index contributed by atoms with van der Waals surface area (Å²) in [6.07, 6.45) is 2.13. The number of hydrogen-bond donors (Lipinski definition) is 1. The number of benzene rings is 1. The van der Waals surface area contributed by atoms with Crippen LogP contribution in [0.1, 0.15) is 36.3 Å². The number of hydrogen-bond acceptors (Lipinski definition) is 6. The van der Waals surface area contributed by atoms with Gasteiger partial charge in [0.05, 0.1) is 24.1 Å². The summed E-state index contributed by atoms with van der Waals surface area (Å²) in [5.41, 5.74) is 1.80. The summed E-state index contributed by atoms with van der Waals surface area (Å²) in [5, 5.41) is 19.5. The van der Waals surface area contributed by atoms with Crippen molar-refractivity contribution in [2.45, 2.75) is 33.3 Å². The molecule has 0 aliphatic rings. The number of nitriles is 1. The molecular formula is C19H23N5O3. The van der Waals surface area contributed by atoms with E-state index < -0.39 is 17.6 Å². The summed E-state index contributed by atoms with van der Waals surface area (Å²) < 4.78 is 6.81. The molecule has 8 nitrogen and oxygen atoms in total. The minimum atomic E-state index is -1.46. The lowest BCUT2D eigenvalue weighted by Gasteiger charge is -2.10. The lowest BCUT2D eigenvalue weighted by Crippen LogP contribution is -2.35. The number of aryl methyl sites for hydroxylation is 1. The van der Waals surface area contributed by atoms with Crippen LogP contribution in [0.25, 0.3) is 5.69 Å². The highest BCUT2D eigenvalue weighted by molar-refractivity contribution is 6.11. The van der Waals surface area contributed by atoms with Gasteiger partial charge in [0.15, 0.2) is 11.6 Å². The van der Waals surface area contributed by atoms with Crippen molar-refractivity contribution in [1.82, 2.24) is 20.3 Å². The lowest BCUT2D eigenvalue weighted by molar-refractivity contribution is -0.122. The third-order valence-corrected chi connectivity index (χ3v) is 3.77. The molecule has 1 aromatic heterocycles. The van der Waals surface area contributed by atoms with E-state index in [4.69, 9.17) is 4.74 Å². The van der Waals surface area contributed by atoms with E-state index in [9.17, 15) is 14.9 Å². The first-order chi connectivity index (χ1) is 12.9. The molecule has 0 bridgehead atoms. The number of ketones is 1. The molecule has 27 heavy (non-hydrogen) atoms. The summed E-state index contributed by atoms with van der Waals surface area (Å²) in [6, 6.07) is 9.24. The molecule has 2 rings (SSSR count). The third-order valence-electron chi connectivity index (χ3n) is 3.77. The van der Waals surface area contributed by atoms with Crippen molar-refractivity contribution in [3.63, 3.8) is 0 Å². The molecular weight excluding hydrogens is 346 g/mol. The summed E-state index contributed by atoms with van der Waals surface area (Å²) in [4.78, 5) is 24.6. The second-order valence-corrected chi connectivity index (χ2v) is 6.37. The summed E-state index contributed by atoms with van der Waals surface area (Å²) in [5.74, 6) is -2.78. The van der Waals surface area contributed by atoms with Gasteiger partial charge in [-0.25, -0.2) is 4.68 Å². The monoisotopic (exact) mass is 369 g/mol. The molecule has 0 spiro atoms. The van der Waals surface area contributed by atoms with Crippen LogP contribution in [0.4, 0.5) is 0 Å². The number of amides is 1. The van der Waals surface area contributed by atoms with Gasteiger partial charge in [-0.3, -0.25) is 9.59 Å². The first kappa shape index (κ1) is 20.3. The van der Waals surface area contributed by atoms with Crippen LogP contribution in [0.5, 0.6) is 0 Å². The standard InChI is InChI=1S/C19H23N5O3/c1-13(2)27-10-4-9-21-19(26)16(11-20)18(25)17-12-24(23-22-17)15-7-5-14(3)6-8-15/h5-8,12-13,16H,4,9-10H2,1-3H3,(H,21,26). The van der Waals surface area contributed by atoms with Gasteiger partial charge >= 0.3 is 0 Å². The van der Waals surface area contributed by atoms with Crippen LogP contribution in [-0.2, 0) is 9.53 Å². The molecule has 1 heterocycles. The Balaban J connectivity index is 1.97. The van der Waals surface area contributed by atoms with Crippen molar-refractivity contribution in [2.75, 3.05) is 13.2 Å². The fraction of sp³-hybridized carbons (Fsp3) is 0.421. The predicted octanol–water partition coefficient (Wildman–Crippen LogP) is 1.83. The maximum Gasteiger partial charge on any atom is 0.245 e. The van der Waals surface area contributed by atoms with Crippen LogP contribution in [0.2, 0.25) is 0 Å². The summed E-state index contributed by atoms with van der Waals surface area (Å²) in [7, 11) is 0. The van der Waals surface area contributed by atoms with E-state index in [0.29, 0.717) is 19.6 Å². The van der Waals surface area contributed by atoms with E-state index >= 15 is 0 Å². The number of nitrogens with one attached hydrogen (secondary N) is 1. The van der Waals surface area contributed by atoms with Crippen molar-refractivity contribution < 1.29 is 14.3 Å². The zero-order valence-corrected chi connectivity index (χ0v) is 15.7. The maximum atomic E-state index is 12.5. The second-order valence-electron chi connectivity index (χ2n) is 6.37. The fourth-order valence-corrected chi connectivity index (χ4v) is 2.29. The maximum absolute atomic E-state index is 12.5. The zero-order chi connectivity index (χ0) is 19.8. The van der Waals surface area contributed by atoms with Crippen molar-refractivity contribution >= 4 is 11.7 Å². The average Bonchev–Trinajstić information content (AvgIpc) is 3.12. The normalized spacial score (nSPS) is 11.8. The Morgan fingerprint density at radius 1 is 1.30 bits per heavy atom. The summed E-state index contributed by atoms with van der Waals surface area (Å²) >= 11 is 0. The SMILES string of the molecule is Cc1ccc(-n2cc(C(=O)C(C#N)C(=O)NCCCOC(C)C)nn2)cc1. The predicted molar refractivity (Wildman–Crippen MR) is 98.2 cm³/mol. The largest absolute Gasteiger partial charge is 0.379 e. The number of Topliss-reactive ketones (excluding diaryl/α,β-unsaturated/α-hetero) is 1. The second kappa shape index (κ2) is 9.59. The lowest BCUT2D eigenvalue weighted by atomic mass is 10.0. The smallest absolute Gasteiger partial charge is 0.245 e. The average molecular weight is 369 g/mol. The molecule has 1 N–H and O–H groups in total. The van der Waals surface area contributed by atoms with E-state index in [1.807, 2.05) is 45.0 Å². The molecule has 0 radical (unpaired) electrons. The number of aromatic nitrogens is 3. The molecule has 1 amide bonds. The molecule has 1 unspecified atom stereocenters. The van der Waals surface area contributed by atoms with E-state index in [0.717, 1.165) is 11.3 Å².